The van der Waals surface area contributed by atoms with E-state index in [2.05, 4.69) is 26.9 Å². The summed E-state index contributed by atoms with van der Waals surface area (Å²) in [7, 11) is 4.03. The van der Waals surface area contributed by atoms with Gasteiger partial charge >= 0.3 is 5.97 Å². The third-order valence-electron chi connectivity index (χ3n) is 11.7. The monoisotopic (exact) mass is 930 g/mol. The summed E-state index contributed by atoms with van der Waals surface area (Å²) in [5.41, 5.74) is 5.17. The van der Waals surface area contributed by atoms with Crippen LogP contribution in [0.25, 0.3) is 22.5 Å². The maximum atomic E-state index is 15.3. The standard InChI is InChI=1S/C46H59Cl4FN8O3/c1-7-35-41(31-16-14-29(47)24-33(31)49)52-37(9-3)43(53-35)39(59-19-11-12-20-59)27-62-45(60)46(28-58(22-21-57(5)6)26-40(46)61-23-13-18-51)56-44-38(10-4)54-42(36(8-2)55-44)32-17-15-30(48)25-34(32)50/h14-17,24-25,39-40H,7-13,18-23,26-28H2,1-6H3,(H,55,56)/t39?,40-,46+/m0/s1. The van der Waals surface area contributed by atoms with Gasteiger partial charge in [-0.2, -0.15) is 0 Å². The number of aryl methyl sites for hydroxylation is 4. The zero-order valence-corrected chi connectivity index (χ0v) is 39.7. The Morgan fingerprint density at radius 1 is 0.855 bits per heavy atom. The van der Waals surface area contributed by atoms with Gasteiger partial charge in [-0.25, -0.2) is 19.7 Å². The molecule has 4 heterocycles. The van der Waals surface area contributed by atoms with Crippen LogP contribution in [0.4, 0.5) is 10.2 Å². The van der Waals surface area contributed by atoms with Crippen LogP contribution in [0.1, 0.15) is 81.5 Å². The zero-order valence-electron chi connectivity index (χ0n) is 36.7. The van der Waals surface area contributed by atoms with Crippen LogP contribution in [-0.4, -0.2) is 126 Å². The highest BCUT2D eigenvalue weighted by Gasteiger charge is 2.55. The molecule has 0 saturated carbocycles. The second-order valence-corrected chi connectivity index (χ2v) is 17.9. The molecule has 62 heavy (non-hydrogen) atoms. The van der Waals surface area contributed by atoms with Crippen LogP contribution in [0, 0.1) is 0 Å². The van der Waals surface area contributed by atoms with Crippen molar-refractivity contribution in [2.75, 3.05) is 78.6 Å². The molecule has 2 aromatic carbocycles. The smallest absolute Gasteiger partial charge is 0.336 e. The number of carbonyl (C=O) groups excluding carboxylic acids is 1. The van der Waals surface area contributed by atoms with Gasteiger partial charge in [-0.05, 0) is 109 Å². The molecule has 0 aliphatic carbocycles. The van der Waals surface area contributed by atoms with Gasteiger partial charge < -0.3 is 19.7 Å². The van der Waals surface area contributed by atoms with E-state index < -0.39 is 24.3 Å². The molecule has 2 aromatic heterocycles. The molecule has 3 atom stereocenters. The quantitative estimate of drug-likeness (QED) is 0.0677. The van der Waals surface area contributed by atoms with E-state index in [0.29, 0.717) is 81.8 Å². The van der Waals surface area contributed by atoms with E-state index in [-0.39, 0.29) is 32.2 Å². The van der Waals surface area contributed by atoms with Crippen molar-refractivity contribution in [3.8, 4) is 22.5 Å². The summed E-state index contributed by atoms with van der Waals surface area (Å²) in [6, 6.07) is 10.4. The minimum Gasteiger partial charge on any atom is -0.462 e. The first kappa shape index (κ1) is 48.3. The average molecular weight is 933 g/mol. The van der Waals surface area contributed by atoms with Gasteiger partial charge in [0, 0.05) is 54.0 Å². The Balaban J connectivity index is 1.42. The number of halogens is 5. The summed E-state index contributed by atoms with van der Waals surface area (Å²) in [5, 5.41) is 5.65. The van der Waals surface area contributed by atoms with Crippen LogP contribution in [0.5, 0.6) is 0 Å². The Hall–Kier alpha value is -3.20. The minimum absolute atomic E-state index is 0.0313. The molecule has 0 amide bonds. The number of likely N-dealkylation sites (N-methyl/N-ethyl adjacent to an activating group) is 1. The number of hydrogen-bond donors (Lipinski definition) is 1. The van der Waals surface area contributed by atoms with E-state index in [9.17, 15) is 4.39 Å². The number of ether oxygens (including phenoxy) is 2. The largest absolute Gasteiger partial charge is 0.462 e. The first-order valence-corrected chi connectivity index (χ1v) is 23.3. The van der Waals surface area contributed by atoms with E-state index in [4.69, 9.17) is 75.8 Å². The number of carbonyl (C=O) groups is 1. The van der Waals surface area contributed by atoms with E-state index in [1.54, 1.807) is 24.3 Å². The van der Waals surface area contributed by atoms with Crippen LogP contribution in [-0.2, 0) is 40.0 Å². The normalized spacial score (nSPS) is 18.8. The summed E-state index contributed by atoms with van der Waals surface area (Å²) < 4.78 is 26.7. The van der Waals surface area contributed by atoms with Crippen molar-refractivity contribution in [3.63, 3.8) is 0 Å². The van der Waals surface area contributed by atoms with E-state index in [1.165, 1.54) is 0 Å². The Morgan fingerprint density at radius 3 is 1.98 bits per heavy atom. The molecule has 1 unspecified atom stereocenters. The van der Waals surface area contributed by atoms with Crippen LogP contribution in [0.2, 0.25) is 20.1 Å². The van der Waals surface area contributed by atoms with Crippen molar-refractivity contribution < 1.29 is 18.7 Å². The molecule has 0 bridgehead atoms. The van der Waals surface area contributed by atoms with Gasteiger partial charge in [0.1, 0.15) is 18.5 Å². The van der Waals surface area contributed by atoms with Crippen molar-refractivity contribution in [2.24, 2.45) is 0 Å². The number of anilines is 1. The highest BCUT2D eigenvalue weighted by atomic mass is 35.5. The zero-order chi connectivity index (χ0) is 44.6. The third kappa shape index (κ3) is 11.0. The average Bonchev–Trinajstić information content (AvgIpc) is 3.92. The summed E-state index contributed by atoms with van der Waals surface area (Å²) in [6.07, 6.45) is 3.81. The van der Waals surface area contributed by atoms with Gasteiger partial charge in [-0.15, -0.1) is 0 Å². The molecule has 11 nitrogen and oxygen atoms in total. The number of nitrogens with zero attached hydrogens (tertiary/aromatic N) is 7. The topological polar surface area (TPSA) is 109 Å². The van der Waals surface area contributed by atoms with Crippen molar-refractivity contribution >= 4 is 58.2 Å². The number of rotatable bonds is 20. The molecule has 0 radical (unpaired) electrons. The molecule has 2 aliphatic rings. The van der Waals surface area contributed by atoms with Crippen molar-refractivity contribution in [2.45, 2.75) is 90.3 Å². The predicted molar refractivity (Wildman–Crippen MR) is 249 cm³/mol. The SMILES string of the molecule is CCc1nc(-c2ccc(Cl)cc2Cl)c(CC)nc1N[C@]1(C(=O)OCC(c2nc(CC)c(-c3ccc(Cl)cc3Cl)nc2CC)N2CCCC2)CN(CCN(C)C)C[C@@H]1OCCCF. The van der Waals surface area contributed by atoms with Gasteiger partial charge in [0.15, 0.2) is 5.54 Å². The van der Waals surface area contributed by atoms with Gasteiger partial charge in [-0.1, -0.05) is 74.1 Å². The molecule has 1 N–H and O–H groups in total. The van der Waals surface area contributed by atoms with Crippen molar-refractivity contribution in [1.29, 1.82) is 0 Å². The Bertz CT molecular complexity index is 2180. The fraction of sp³-hybridized carbons (Fsp3) is 0.543. The predicted octanol–water partition coefficient (Wildman–Crippen LogP) is 9.62. The number of alkyl halides is 1. The van der Waals surface area contributed by atoms with Crippen molar-refractivity contribution in [1.82, 2.24) is 34.6 Å². The molecular formula is C46H59Cl4FN8O3. The lowest BCUT2D eigenvalue weighted by Gasteiger charge is -2.36. The third-order valence-corrected chi connectivity index (χ3v) is 12.8. The highest BCUT2D eigenvalue weighted by molar-refractivity contribution is 6.37. The van der Waals surface area contributed by atoms with E-state index in [0.717, 1.165) is 66.4 Å². The van der Waals surface area contributed by atoms with Gasteiger partial charge in [0.2, 0.25) is 0 Å². The van der Waals surface area contributed by atoms with E-state index >= 15 is 4.79 Å². The molecule has 2 aliphatic heterocycles. The summed E-state index contributed by atoms with van der Waals surface area (Å²) in [4.78, 5) is 42.7. The Kier molecular flexibility index (Phi) is 17.2. The second-order valence-electron chi connectivity index (χ2n) is 16.2. The van der Waals surface area contributed by atoms with Gasteiger partial charge in [-0.3, -0.25) is 19.2 Å². The maximum absolute atomic E-state index is 15.3. The summed E-state index contributed by atoms with van der Waals surface area (Å²) in [6.45, 7) is 11.5. The first-order valence-electron chi connectivity index (χ1n) is 21.8. The molecular weight excluding hydrogens is 873 g/mol. The summed E-state index contributed by atoms with van der Waals surface area (Å²) >= 11 is 26.0. The molecule has 0 spiro atoms. The number of hydrogen-bond acceptors (Lipinski definition) is 11. The van der Waals surface area contributed by atoms with Gasteiger partial charge in [0.25, 0.3) is 0 Å². The molecule has 2 fully saturated rings. The molecule has 6 rings (SSSR count). The lowest BCUT2D eigenvalue weighted by molar-refractivity contribution is -0.155. The van der Waals surface area contributed by atoms with Gasteiger partial charge in [0.05, 0.1) is 62.6 Å². The fourth-order valence-electron chi connectivity index (χ4n) is 8.35. The van der Waals surface area contributed by atoms with Crippen LogP contribution >= 0.6 is 46.4 Å². The lowest BCUT2D eigenvalue weighted by Crippen LogP contribution is -2.58. The molecule has 4 aromatic rings. The fourth-order valence-corrected chi connectivity index (χ4v) is 9.35. The number of likely N-dealkylation sites (tertiary alicyclic amines) is 2. The Morgan fingerprint density at radius 2 is 1.44 bits per heavy atom. The number of esters is 1. The molecule has 2 saturated heterocycles. The minimum atomic E-state index is -1.43. The van der Waals surface area contributed by atoms with Crippen molar-refractivity contribution in [3.05, 3.63) is 85.0 Å². The number of benzene rings is 2. The second kappa shape index (κ2) is 22.1. The van der Waals surface area contributed by atoms with Crippen LogP contribution in [0.15, 0.2) is 36.4 Å². The lowest BCUT2D eigenvalue weighted by atomic mass is 9.94. The first-order chi connectivity index (χ1) is 29.9. The Labute approximate surface area is 386 Å². The number of aromatic nitrogens is 4. The molecule has 16 heteroatoms. The summed E-state index contributed by atoms with van der Waals surface area (Å²) in [5.74, 6) is -0.0275. The highest BCUT2D eigenvalue weighted by Crippen LogP contribution is 2.38. The number of nitrogens with one attached hydrogen (secondary N) is 1. The van der Waals surface area contributed by atoms with Crippen LogP contribution < -0.4 is 5.32 Å². The van der Waals surface area contributed by atoms with Crippen LogP contribution in [0.3, 0.4) is 0 Å². The van der Waals surface area contributed by atoms with E-state index in [1.807, 2.05) is 47.0 Å². The molecule has 336 valence electrons. The maximum Gasteiger partial charge on any atom is 0.336 e.